The Morgan fingerprint density at radius 2 is 1.86 bits per heavy atom. The Morgan fingerprint density at radius 1 is 1.19 bits per heavy atom. The molecule has 0 aliphatic carbocycles. The van der Waals surface area contributed by atoms with E-state index in [1.54, 1.807) is 24.3 Å². The van der Waals surface area contributed by atoms with Crippen molar-refractivity contribution >= 4 is 23.5 Å². The summed E-state index contributed by atoms with van der Waals surface area (Å²) in [5.74, 6) is -2.18. The van der Waals surface area contributed by atoms with E-state index in [4.69, 9.17) is 21.8 Å². The Labute approximate surface area is 124 Å². The van der Waals surface area contributed by atoms with Crippen LogP contribution in [0.1, 0.15) is 28.2 Å². The van der Waals surface area contributed by atoms with Gasteiger partial charge in [0.1, 0.15) is 0 Å². The summed E-state index contributed by atoms with van der Waals surface area (Å²) in [6.07, 6.45) is 0.126. The Morgan fingerprint density at radius 3 is 2.43 bits per heavy atom. The van der Waals surface area contributed by atoms with Crippen LogP contribution < -0.4 is 0 Å². The molecule has 0 unspecified atom stereocenters. The highest BCUT2D eigenvalue weighted by Gasteiger charge is 2.19. The predicted molar refractivity (Wildman–Crippen MR) is 73.5 cm³/mol. The van der Waals surface area contributed by atoms with Gasteiger partial charge in [-0.3, -0.25) is 4.79 Å². The van der Waals surface area contributed by atoms with Crippen molar-refractivity contribution < 1.29 is 19.8 Å². The molecule has 0 amide bonds. The number of rotatable bonds is 6. The maximum absolute atomic E-state index is 11.2. The number of hydrogen-bond donors (Lipinski definition) is 2. The first-order valence-electron chi connectivity index (χ1n) is 6.09. The van der Waals surface area contributed by atoms with Gasteiger partial charge in [-0.1, -0.05) is 28.9 Å². The smallest absolute Gasteiger partial charge is 0.358 e. The molecule has 0 saturated carbocycles. The number of nitrogens with zero attached hydrogens (tertiary/aromatic N) is 3. The van der Waals surface area contributed by atoms with E-state index in [1.807, 2.05) is 0 Å². The molecular weight excluding hydrogens is 298 g/mol. The highest BCUT2D eigenvalue weighted by atomic mass is 35.5. The van der Waals surface area contributed by atoms with E-state index in [0.717, 1.165) is 5.56 Å². The first-order chi connectivity index (χ1) is 9.97. The van der Waals surface area contributed by atoms with Crippen LogP contribution in [-0.4, -0.2) is 37.1 Å². The maximum atomic E-state index is 11.2. The maximum Gasteiger partial charge on any atom is 0.358 e. The summed E-state index contributed by atoms with van der Waals surface area (Å²) in [5.41, 5.74) is 1.03. The number of carboxylic acids is 2. The fourth-order valence-electron chi connectivity index (χ4n) is 1.85. The van der Waals surface area contributed by atoms with E-state index in [-0.39, 0.29) is 25.1 Å². The predicted octanol–water partition coefficient (Wildman–Crippen LogP) is 1.70. The monoisotopic (exact) mass is 309 g/mol. The van der Waals surface area contributed by atoms with Crippen LogP contribution in [0.4, 0.5) is 0 Å². The normalized spacial score (nSPS) is 10.5. The van der Waals surface area contributed by atoms with E-state index < -0.39 is 11.9 Å². The molecule has 1 aromatic carbocycles. The van der Waals surface area contributed by atoms with Crippen molar-refractivity contribution in [2.24, 2.45) is 0 Å². The molecule has 0 bridgehead atoms. The van der Waals surface area contributed by atoms with Crippen LogP contribution in [0, 0.1) is 0 Å². The minimum absolute atomic E-state index is 0.0680. The molecule has 2 aromatic rings. The van der Waals surface area contributed by atoms with Crippen LogP contribution >= 0.6 is 11.6 Å². The van der Waals surface area contributed by atoms with E-state index in [1.165, 1.54) is 4.68 Å². The second-order valence-corrected chi connectivity index (χ2v) is 4.80. The van der Waals surface area contributed by atoms with Crippen molar-refractivity contribution in [1.82, 2.24) is 15.0 Å². The SMILES string of the molecule is O=C(O)CCn1nnc(C(=O)O)c1Cc1ccc(Cl)cc1. The lowest BCUT2D eigenvalue weighted by Crippen LogP contribution is -2.11. The summed E-state index contributed by atoms with van der Waals surface area (Å²) < 4.78 is 1.31. The van der Waals surface area contributed by atoms with Gasteiger partial charge in [0.15, 0.2) is 5.69 Å². The molecule has 1 heterocycles. The minimum Gasteiger partial charge on any atom is -0.481 e. The highest BCUT2D eigenvalue weighted by molar-refractivity contribution is 6.30. The van der Waals surface area contributed by atoms with Crippen molar-refractivity contribution in [3.63, 3.8) is 0 Å². The van der Waals surface area contributed by atoms with E-state index in [2.05, 4.69) is 10.3 Å². The lowest BCUT2D eigenvalue weighted by molar-refractivity contribution is -0.137. The van der Waals surface area contributed by atoms with Crippen LogP contribution in [0.3, 0.4) is 0 Å². The third kappa shape index (κ3) is 3.79. The highest BCUT2D eigenvalue weighted by Crippen LogP contribution is 2.16. The summed E-state index contributed by atoms with van der Waals surface area (Å²) >= 11 is 5.80. The number of carbonyl (C=O) groups is 2. The van der Waals surface area contributed by atoms with Gasteiger partial charge >= 0.3 is 11.9 Å². The molecule has 1 aromatic heterocycles. The van der Waals surface area contributed by atoms with Gasteiger partial charge in [0, 0.05) is 11.4 Å². The number of aliphatic carboxylic acids is 1. The van der Waals surface area contributed by atoms with Crippen LogP contribution in [0.5, 0.6) is 0 Å². The van der Waals surface area contributed by atoms with Crippen molar-refractivity contribution in [3.05, 3.63) is 46.2 Å². The summed E-state index contributed by atoms with van der Waals surface area (Å²) in [7, 11) is 0. The van der Waals surface area contributed by atoms with Gasteiger partial charge in [-0.2, -0.15) is 0 Å². The molecule has 110 valence electrons. The number of halogens is 1. The van der Waals surface area contributed by atoms with E-state index >= 15 is 0 Å². The Balaban J connectivity index is 2.29. The average Bonchev–Trinajstić information content (AvgIpc) is 2.82. The summed E-state index contributed by atoms with van der Waals surface area (Å²) in [4.78, 5) is 21.8. The molecule has 0 fully saturated rings. The van der Waals surface area contributed by atoms with E-state index in [0.29, 0.717) is 10.7 Å². The molecule has 7 nitrogen and oxygen atoms in total. The summed E-state index contributed by atoms with van der Waals surface area (Å²) in [6, 6.07) is 6.93. The topological polar surface area (TPSA) is 105 Å². The molecule has 2 N–H and O–H groups in total. The fraction of sp³-hybridized carbons (Fsp3) is 0.231. The van der Waals surface area contributed by atoms with Crippen LogP contribution in [0.2, 0.25) is 5.02 Å². The summed E-state index contributed by atoms with van der Waals surface area (Å²) in [5, 5.41) is 25.7. The number of benzene rings is 1. The Bertz CT molecular complexity index is 667. The Kier molecular flexibility index (Phi) is 4.54. The standard InChI is InChI=1S/C13H12ClN3O4/c14-9-3-1-8(2-4-9)7-10-12(13(20)21)15-16-17(10)6-5-11(18)19/h1-4H,5-7H2,(H,18,19)(H,20,21). The van der Waals surface area contributed by atoms with Crippen molar-refractivity contribution in [3.8, 4) is 0 Å². The number of aryl methyl sites for hydroxylation is 1. The number of hydrogen-bond acceptors (Lipinski definition) is 4. The van der Waals surface area contributed by atoms with Crippen molar-refractivity contribution in [2.75, 3.05) is 0 Å². The second kappa shape index (κ2) is 6.36. The molecule has 8 heteroatoms. The van der Waals surface area contributed by atoms with Crippen molar-refractivity contribution in [1.29, 1.82) is 0 Å². The van der Waals surface area contributed by atoms with Crippen molar-refractivity contribution in [2.45, 2.75) is 19.4 Å². The third-order valence-electron chi connectivity index (χ3n) is 2.86. The molecule has 0 saturated heterocycles. The lowest BCUT2D eigenvalue weighted by Gasteiger charge is -2.06. The van der Waals surface area contributed by atoms with Gasteiger partial charge in [-0.25, -0.2) is 9.48 Å². The molecule has 0 aliphatic heterocycles. The largest absolute Gasteiger partial charge is 0.481 e. The molecule has 0 radical (unpaired) electrons. The minimum atomic E-state index is -1.19. The van der Waals surface area contributed by atoms with Crippen LogP contribution in [-0.2, 0) is 17.8 Å². The van der Waals surface area contributed by atoms with Gasteiger partial charge in [0.2, 0.25) is 0 Å². The average molecular weight is 310 g/mol. The quantitative estimate of drug-likeness (QED) is 0.841. The van der Waals surface area contributed by atoms with Gasteiger partial charge in [0.25, 0.3) is 0 Å². The fourth-order valence-corrected chi connectivity index (χ4v) is 1.98. The van der Waals surface area contributed by atoms with E-state index in [9.17, 15) is 9.59 Å². The first kappa shape index (κ1) is 15.0. The molecule has 0 atom stereocenters. The number of aromatic carboxylic acids is 1. The summed E-state index contributed by atoms with van der Waals surface area (Å²) in [6.45, 7) is 0.0680. The van der Waals surface area contributed by atoms with Gasteiger partial charge < -0.3 is 10.2 Å². The van der Waals surface area contributed by atoms with Crippen LogP contribution in [0.15, 0.2) is 24.3 Å². The zero-order chi connectivity index (χ0) is 15.4. The van der Waals surface area contributed by atoms with Gasteiger partial charge in [0.05, 0.1) is 18.7 Å². The molecule has 0 aliphatic rings. The van der Waals surface area contributed by atoms with Crippen LogP contribution in [0.25, 0.3) is 0 Å². The first-order valence-corrected chi connectivity index (χ1v) is 6.47. The molecule has 0 spiro atoms. The second-order valence-electron chi connectivity index (χ2n) is 4.36. The Hall–Kier alpha value is -2.41. The number of aromatic nitrogens is 3. The molecule has 21 heavy (non-hydrogen) atoms. The van der Waals surface area contributed by atoms with Gasteiger partial charge in [-0.05, 0) is 17.7 Å². The zero-order valence-corrected chi connectivity index (χ0v) is 11.6. The molecule has 2 rings (SSSR count). The zero-order valence-electron chi connectivity index (χ0n) is 10.9. The number of carboxylic acid groups (broad SMARTS) is 2. The lowest BCUT2D eigenvalue weighted by atomic mass is 10.1. The third-order valence-corrected chi connectivity index (χ3v) is 3.11. The van der Waals surface area contributed by atoms with Gasteiger partial charge in [-0.15, -0.1) is 5.10 Å². The molecular formula is C13H12ClN3O4.